The normalized spacial score (nSPS) is 18.7. The van der Waals surface area contributed by atoms with Crippen LogP contribution in [0, 0.1) is 13.8 Å². The molecule has 1 unspecified atom stereocenters. The minimum absolute atomic E-state index is 0.0843. The quantitative estimate of drug-likeness (QED) is 0.864. The smallest absolute Gasteiger partial charge is 0.274 e. The molecular formula is C17H20N4O3S. The fourth-order valence-electron chi connectivity index (χ4n) is 2.74. The molecule has 0 spiro atoms. The van der Waals surface area contributed by atoms with Crippen molar-refractivity contribution in [2.75, 3.05) is 22.1 Å². The largest absolute Gasteiger partial charge is 0.366 e. The lowest BCUT2D eigenvalue weighted by molar-refractivity contribution is 0.102. The number of nitrogens with one attached hydrogen (secondary N) is 2. The molecule has 0 bridgehead atoms. The number of sulfone groups is 1. The molecule has 1 aromatic heterocycles. The van der Waals surface area contributed by atoms with Gasteiger partial charge in [-0.05, 0) is 37.5 Å². The minimum atomic E-state index is -2.98. The molecule has 0 aliphatic carbocycles. The number of nitrogens with zero attached hydrogens (tertiary/aromatic N) is 2. The maximum Gasteiger partial charge on any atom is 0.274 e. The number of amides is 1. The fraction of sp³-hybridized carbons (Fsp3) is 0.353. The van der Waals surface area contributed by atoms with Crippen LogP contribution in [-0.4, -0.2) is 41.8 Å². The van der Waals surface area contributed by atoms with E-state index in [0.717, 1.165) is 16.8 Å². The zero-order valence-corrected chi connectivity index (χ0v) is 14.9. The van der Waals surface area contributed by atoms with Gasteiger partial charge in [-0.2, -0.15) is 0 Å². The number of anilines is 2. The van der Waals surface area contributed by atoms with Crippen LogP contribution >= 0.6 is 0 Å². The molecule has 3 rings (SSSR count). The molecule has 2 aromatic rings. The number of hydrogen-bond acceptors (Lipinski definition) is 6. The highest BCUT2D eigenvalue weighted by Crippen LogP contribution is 2.19. The zero-order valence-electron chi connectivity index (χ0n) is 14.1. The van der Waals surface area contributed by atoms with E-state index in [2.05, 4.69) is 20.6 Å². The lowest BCUT2D eigenvalue weighted by atomic mass is 10.1. The highest BCUT2D eigenvalue weighted by Gasteiger charge is 2.28. The molecule has 2 heterocycles. The second-order valence-electron chi connectivity index (χ2n) is 6.31. The van der Waals surface area contributed by atoms with Gasteiger partial charge in [-0.3, -0.25) is 4.79 Å². The number of aromatic nitrogens is 2. The molecule has 1 fully saturated rings. The summed E-state index contributed by atoms with van der Waals surface area (Å²) < 4.78 is 23.1. The predicted octanol–water partition coefficient (Wildman–Crippen LogP) is 1.94. The van der Waals surface area contributed by atoms with E-state index in [1.807, 2.05) is 32.0 Å². The van der Waals surface area contributed by atoms with Crippen LogP contribution in [0.1, 0.15) is 28.0 Å². The average molecular weight is 360 g/mol. The van der Waals surface area contributed by atoms with E-state index in [1.54, 1.807) is 0 Å². The summed E-state index contributed by atoms with van der Waals surface area (Å²) in [5.41, 5.74) is 2.97. The third-order valence-corrected chi connectivity index (χ3v) is 5.89. The molecule has 0 radical (unpaired) electrons. The molecule has 1 aliphatic rings. The Bertz CT molecular complexity index is 912. The van der Waals surface area contributed by atoms with Crippen LogP contribution in [0.3, 0.4) is 0 Å². The number of carbonyl (C=O) groups excluding carboxylic acids is 1. The highest BCUT2D eigenvalue weighted by atomic mass is 32.2. The van der Waals surface area contributed by atoms with Gasteiger partial charge in [-0.15, -0.1) is 0 Å². The first-order chi connectivity index (χ1) is 11.8. The third-order valence-electron chi connectivity index (χ3n) is 4.13. The van der Waals surface area contributed by atoms with Crippen molar-refractivity contribution in [3.8, 4) is 0 Å². The molecule has 0 saturated carbocycles. The second kappa shape index (κ2) is 6.79. The number of rotatable bonds is 4. The molecule has 25 heavy (non-hydrogen) atoms. The van der Waals surface area contributed by atoms with Gasteiger partial charge in [0.25, 0.3) is 5.91 Å². The summed E-state index contributed by atoms with van der Waals surface area (Å²) >= 11 is 0. The molecule has 2 N–H and O–H groups in total. The van der Waals surface area contributed by atoms with Gasteiger partial charge in [0, 0.05) is 17.8 Å². The van der Waals surface area contributed by atoms with Crippen molar-refractivity contribution < 1.29 is 13.2 Å². The maximum atomic E-state index is 12.4. The Labute approximate surface area is 146 Å². The zero-order chi connectivity index (χ0) is 18.0. The molecule has 1 aromatic carbocycles. The molecule has 1 aliphatic heterocycles. The first-order valence-corrected chi connectivity index (χ1v) is 9.82. The molecular weight excluding hydrogens is 340 g/mol. The van der Waals surface area contributed by atoms with Gasteiger partial charge in [0.2, 0.25) is 0 Å². The summed E-state index contributed by atoms with van der Waals surface area (Å²) in [6, 6.07) is 7.17. The fourth-order valence-corrected chi connectivity index (χ4v) is 4.41. The Kier molecular flexibility index (Phi) is 4.71. The first-order valence-electron chi connectivity index (χ1n) is 8.00. The van der Waals surface area contributed by atoms with E-state index in [4.69, 9.17) is 0 Å². The van der Waals surface area contributed by atoms with Gasteiger partial charge in [-0.1, -0.05) is 12.1 Å². The van der Waals surface area contributed by atoms with Crippen molar-refractivity contribution in [1.82, 2.24) is 9.97 Å². The van der Waals surface area contributed by atoms with E-state index >= 15 is 0 Å². The molecule has 1 amide bonds. The number of aryl methyl sites for hydroxylation is 2. The summed E-state index contributed by atoms with van der Waals surface area (Å²) in [4.78, 5) is 20.5. The summed E-state index contributed by atoms with van der Waals surface area (Å²) in [5, 5.41) is 5.91. The van der Waals surface area contributed by atoms with E-state index in [0.29, 0.717) is 12.2 Å². The Morgan fingerprint density at radius 1 is 1.20 bits per heavy atom. The van der Waals surface area contributed by atoms with Gasteiger partial charge in [0.05, 0.1) is 11.5 Å². The van der Waals surface area contributed by atoms with Gasteiger partial charge in [-0.25, -0.2) is 18.4 Å². The lowest BCUT2D eigenvalue weighted by Crippen LogP contribution is -2.22. The topological polar surface area (TPSA) is 101 Å². The lowest BCUT2D eigenvalue weighted by Gasteiger charge is -2.12. The number of carbonyl (C=O) groups is 1. The Balaban J connectivity index is 1.72. The predicted molar refractivity (Wildman–Crippen MR) is 96.6 cm³/mol. The van der Waals surface area contributed by atoms with Crippen molar-refractivity contribution in [3.63, 3.8) is 0 Å². The second-order valence-corrected chi connectivity index (χ2v) is 8.53. The number of hydrogen-bond donors (Lipinski definition) is 2. The molecule has 1 atom stereocenters. The Morgan fingerprint density at radius 2 is 2.00 bits per heavy atom. The average Bonchev–Trinajstić information content (AvgIpc) is 2.90. The Hall–Kier alpha value is -2.48. The van der Waals surface area contributed by atoms with Crippen LogP contribution < -0.4 is 10.6 Å². The molecule has 7 nitrogen and oxygen atoms in total. The van der Waals surface area contributed by atoms with Gasteiger partial charge >= 0.3 is 0 Å². The van der Waals surface area contributed by atoms with E-state index in [-0.39, 0.29) is 29.1 Å². The van der Waals surface area contributed by atoms with Crippen molar-refractivity contribution in [1.29, 1.82) is 0 Å². The number of benzene rings is 1. The van der Waals surface area contributed by atoms with Crippen LogP contribution in [0.4, 0.5) is 11.5 Å². The Morgan fingerprint density at radius 3 is 2.72 bits per heavy atom. The van der Waals surface area contributed by atoms with Crippen molar-refractivity contribution in [2.45, 2.75) is 26.3 Å². The summed E-state index contributed by atoms with van der Waals surface area (Å²) in [7, 11) is -2.98. The van der Waals surface area contributed by atoms with Crippen molar-refractivity contribution in [3.05, 3.63) is 47.4 Å². The molecule has 8 heteroatoms. The first kappa shape index (κ1) is 17.3. The highest BCUT2D eigenvalue weighted by molar-refractivity contribution is 7.91. The van der Waals surface area contributed by atoms with E-state index in [9.17, 15) is 13.2 Å². The molecule has 132 valence electrons. The van der Waals surface area contributed by atoms with Crippen molar-refractivity contribution >= 4 is 27.2 Å². The summed E-state index contributed by atoms with van der Waals surface area (Å²) in [5.74, 6) is 0.373. The van der Waals surface area contributed by atoms with E-state index < -0.39 is 9.84 Å². The van der Waals surface area contributed by atoms with Crippen LogP contribution in [-0.2, 0) is 9.84 Å². The molecule has 1 saturated heterocycles. The van der Waals surface area contributed by atoms with Crippen LogP contribution in [0.2, 0.25) is 0 Å². The SMILES string of the molecule is Cc1ccc(C)c(NC(=O)c2cc(NC3CCS(=O)(=O)C3)ncn2)c1. The monoisotopic (exact) mass is 360 g/mol. The summed E-state index contributed by atoms with van der Waals surface area (Å²) in [6.07, 6.45) is 1.83. The third kappa shape index (κ3) is 4.33. The van der Waals surface area contributed by atoms with Crippen LogP contribution in [0.15, 0.2) is 30.6 Å². The van der Waals surface area contributed by atoms with Gasteiger partial charge in [0.1, 0.15) is 17.8 Å². The minimum Gasteiger partial charge on any atom is -0.366 e. The van der Waals surface area contributed by atoms with Crippen LogP contribution in [0.25, 0.3) is 0 Å². The standard InChI is InChI=1S/C17H20N4O3S/c1-11-3-4-12(2)14(7-11)21-17(22)15-8-16(19-10-18-15)20-13-5-6-25(23,24)9-13/h3-4,7-8,10,13H,5-6,9H2,1-2H3,(H,21,22)(H,18,19,20). The van der Waals surface area contributed by atoms with Crippen molar-refractivity contribution in [2.24, 2.45) is 0 Å². The van der Waals surface area contributed by atoms with E-state index in [1.165, 1.54) is 12.4 Å². The van der Waals surface area contributed by atoms with Crippen LogP contribution in [0.5, 0.6) is 0 Å². The van der Waals surface area contributed by atoms with Gasteiger partial charge in [0.15, 0.2) is 9.84 Å². The summed E-state index contributed by atoms with van der Waals surface area (Å²) in [6.45, 7) is 3.88. The maximum absolute atomic E-state index is 12.4. The van der Waals surface area contributed by atoms with Gasteiger partial charge < -0.3 is 10.6 Å².